The van der Waals surface area contributed by atoms with E-state index in [1.807, 2.05) is 11.8 Å². The predicted molar refractivity (Wildman–Crippen MR) is 70.1 cm³/mol. The highest BCUT2D eigenvalue weighted by atomic mass is 32.2. The highest BCUT2D eigenvalue weighted by Gasteiger charge is 2.06. The van der Waals surface area contributed by atoms with Crippen LogP contribution >= 0.6 is 11.8 Å². The Bertz CT molecular complexity index is 173. The summed E-state index contributed by atoms with van der Waals surface area (Å²) in [4.78, 5) is 4.36. The van der Waals surface area contributed by atoms with Crippen LogP contribution in [0.3, 0.4) is 0 Å². The van der Waals surface area contributed by atoms with Gasteiger partial charge in [-0.05, 0) is 19.1 Å². The third kappa shape index (κ3) is 7.50. The molecule has 0 saturated heterocycles. The van der Waals surface area contributed by atoms with Gasteiger partial charge in [-0.1, -0.05) is 20.3 Å². The average molecular weight is 232 g/mol. The summed E-state index contributed by atoms with van der Waals surface area (Å²) >= 11 is 1.83. The molecule has 15 heavy (non-hydrogen) atoms. The van der Waals surface area contributed by atoms with Gasteiger partial charge in [-0.15, -0.1) is 0 Å². The van der Waals surface area contributed by atoms with E-state index in [1.54, 1.807) is 0 Å². The van der Waals surface area contributed by atoms with Gasteiger partial charge in [-0.2, -0.15) is 11.8 Å². The summed E-state index contributed by atoms with van der Waals surface area (Å²) in [5, 5.41) is 3.31. The van der Waals surface area contributed by atoms with Crippen LogP contribution in [0, 0.1) is 0 Å². The van der Waals surface area contributed by atoms with Crippen LogP contribution in [-0.2, 0) is 0 Å². The summed E-state index contributed by atoms with van der Waals surface area (Å²) in [6.07, 6.45) is 5.44. The van der Waals surface area contributed by atoms with Crippen molar-refractivity contribution in [3.05, 3.63) is 0 Å². The molecular weight excluding hydrogens is 208 g/mol. The molecule has 0 heterocycles. The number of unbranched alkanes of at least 4 members (excludes halogenated alkanes) is 1. The standard InChI is InChI=1S/C10H24N4S/c1-4-6-7-12-10(14-11)13-9(5-2)8-15-3/h9H,4-8,11H2,1-3H3,(H2,12,13,14). The molecule has 0 aromatic rings. The maximum absolute atomic E-state index is 5.40. The zero-order chi connectivity index (χ0) is 11.5. The highest BCUT2D eigenvalue weighted by Crippen LogP contribution is 2.00. The number of nitrogens with zero attached hydrogens (tertiary/aromatic N) is 1. The van der Waals surface area contributed by atoms with Crippen molar-refractivity contribution in [1.29, 1.82) is 0 Å². The van der Waals surface area contributed by atoms with E-state index in [0.717, 1.165) is 31.6 Å². The number of hydrazine groups is 1. The smallest absolute Gasteiger partial charge is 0.205 e. The topological polar surface area (TPSA) is 62.4 Å². The van der Waals surface area contributed by atoms with Crippen LogP contribution < -0.4 is 16.6 Å². The second-order valence-electron chi connectivity index (χ2n) is 3.43. The van der Waals surface area contributed by atoms with Gasteiger partial charge < -0.3 is 5.32 Å². The molecule has 0 saturated carbocycles. The van der Waals surface area contributed by atoms with Crippen molar-refractivity contribution in [2.45, 2.75) is 39.2 Å². The Morgan fingerprint density at radius 2 is 2.20 bits per heavy atom. The summed E-state index contributed by atoms with van der Waals surface area (Å²) in [5.74, 6) is 7.19. The monoisotopic (exact) mass is 232 g/mol. The van der Waals surface area contributed by atoms with E-state index in [4.69, 9.17) is 5.84 Å². The zero-order valence-electron chi connectivity index (χ0n) is 10.0. The number of guanidine groups is 1. The molecular formula is C10H24N4S. The van der Waals surface area contributed by atoms with Crippen molar-refractivity contribution in [1.82, 2.24) is 10.7 Å². The summed E-state index contributed by atoms with van der Waals surface area (Å²) in [7, 11) is 0. The number of nitrogens with two attached hydrogens (primary N) is 1. The predicted octanol–water partition coefficient (Wildman–Crippen LogP) is 1.34. The van der Waals surface area contributed by atoms with E-state index in [2.05, 4.69) is 35.8 Å². The molecule has 0 radical (unpaired) electrons. The molecule has 0 aromatic carbocycles. The van der Waals surface area contributed by atoms with Crippen LogP contribution in [0.15, 0.2) is 4.99 Å². The van der Waals surface area contributed by atoms with E-state index < -0.39 is 0 Å². The Hall–Kier alpha value is -0.420. The molecule has 0 aliphatic carbocycles. The first kappa shape index (κ1) is 14.6. The molecule has 0 spiro atoms. The molecule has 5 heteroatoms. The quantitative estimate of drug-likeness (QED) is 0.204. The van der Waals surface area contributed by atoms with Gasteiger partial charge in [0.25, 0.3) is 0 Å². The molecule has 1 unspecified atom stereocenters. The molecule has 4 nitrogen and oxygen atoms in total. The van der Waals surface area contributed by atoms with Crippen molar-refractivity contribution in [2.24, 2.45) is 10.8 Å². The minimum atomic E-state index is 0.441. The lowest BCUT2D eigenvalue weighted by Gasteiger charge is -2.18. The molecule has 0 amide bonds. The van der Waals surface area contributed by atoms with Crippen molar-refractivity contribution < 1.29 is 0 Å². The Labute approximate surface area is 97.5 Å². The fourth-order valence-electron chi connectivity index (χ4n) is 1.14. The Morgan fingerprint density at radius 3 is 2.67 bits per heavy atom. The van der Waals surface area contributed by atoms with Crippen LogP contribution in [0.25, 0.3) is 0 Å². The number of thioether (sulfide) groups is 1. The van der Waals surface area contributed by atoms with Crippen LogP contribution in [-0.4, -0.2) is 30.6 Å². The summed E-state index contributed by atoms with van der Waals surface area (Å²) in [6.45, 7) is 5.15. The second kappa shape index (κ2) is 10.1. The van der Waals surface area contributed by atoms with Gasteiger partial charge in [0, 0.05) is 18.3 Å². The van der Waals surface area contributed by atoms with Crippen molar-refractivity contribution >= 4 is 17.7 Å². The average Bonchev–Trinajstić information content (AvgIpc) is 2.26. The van der Waals surface area contributed by atoms with E-state index in [1.165, 1.54) is 0 Å². The minimum absolute atomic E-state index is 0.441. The van der Waals surface area contributed by atoms with Gasteiger partial charge in [0.15, 0.2) is 0 Å². The van der Waals surface area contributed by atoms with E-state index >= 15 is 0 Å². The molecule has 4 N–H and O–H groups in total. The lowest BCUT2D eigenvalue weighted by molar-refractivity contribution is 0.632. The number of hydrogen-bond donors (Lipinski definition) is 3. The van der Waals surface area contributed by atoms with Crippen molar-refractivity contribution in [2.75, 3.05) is 18.6 Å². The minimum Gasteiger partial charge on any atom is -0.352 e. The van der Waals surface area contributed by atoms with Crippen LogP contribution in [0.2, 0.25) is 0 Å². The number of rotatable bonds is 7. The van der Waals surface area contributed by atoms with E-state index in [-0.39, 0.29) is 0 Å². The Balaban J connectivity index is 3.98. The van der Waals surface area contributed by atoms with Crippen LogP contribution in [0.5, 0.6) is 0 Å². The third-order valence-corrected chi connectivity index (χ3v) is 2.86. The van der Waals surface area contributed by atoms with E-state index in [0.29, 0.717) is 12.0 Å². The van der Waals surface area contributed by atoms with E-state index in [9.17, 15) is 0 Å². The molecule has 0 aliphatic rings. The van der Waals surface area contributed by atoms with Crippen LogP contribution in [0.4, 0.5) is 0 Å². The maximum atomic E-state index is 5.40. The first-order valence-electron chi connectivity index (χ1n) is 5.54. The van der Waals surface area contributed by atoms with Crippen molar-refractivity contribution in [3.8, 4) is 0 Å². The maximum Gasteiger partial charge on any atom is 0.205 e. The Morgan fingerprint density at radius 1 is 1.47 bits per heavy atom. The SMILES string of the molecule is CCCCN=C(NN)NC(CC)CSC. The summed E-state index contributed by atoms with van der Waals surface area (Å²) in [5.41, 5.74) is 2.61. The summed E-state index contributed by atoms with van der Waals surface area (Å²) < 4.78 is 0. The second-order valence-corrected chi connectivity index (χ2v) is 4.34. The first-order chi connectivity index (χ1) is 7.28. The number of nitrogens with one attached hydrogen (secondary N) is 2. The summed E-state index contributed by atoms with van der Waals surface area (Å²) in [6, 6.07) is 0.441. The van der Waals surface area contributed by atoms with Crippen molar-refractivity contribution in [3.63, 3.8) is 0 Å². The molecule has 0 bridgehead atoms. The number of aliphatic imine (C=N–C) groups is 1. The number of hydrogen-bond acceptors (Lipinski definition) is 3. The van der Waals surface area contributed by atoms with Gasteiger partial charge in [0.05, 0.1) is 0 Å². The van der Waals surface area contributed by atoms with Gasteiger partial charge in [0.1, 0.15) is 0 Å². The fraction of sp³-hybridized carbons (Fsp3) is 0.900. The largest absolute Gasteiger partial charge is 0.352 e. The molecule has 90 valence electrons. The molecule has 0 fully saturated rings. The van der Waals surface area contributed by atoms with Gasteiger partial charge in [-0.3, -0.25) is 10.4 Å². The Kier molecular flexibility index (Phi) is 9.83. The third-order valence-electron chi connectivity index (χ3n) is 2.12. The van der Waals surface area contributed by atoms with Gasteiger partial charge >= 0.3 is 0 Å². The normalized spacial score (nSPS) is 13.7. The van der Waals surface area contributed by atoms with Gasteiger partial charge in [0.2, 0.25) is 5.96 Å². The molecule has 0 rings (SSSR count). The molecule has 0 aromatic heterocycles. The first-order valence-corrected chi connectivity index (χ1v) is 6.94. The lowest BCUT2D eigenvalue weighted by atomic mass is 10.3. The van der Waals surface area contributed by atoms with Gasteiger partial charge in [-0.25, -0.2) is 5.84 Å². The zero-order valence-corrected chi connectivity index (χ0v) is 10.9. The lowest BCUT2D eigenvalue weighted by Crippen LogP contribution is -2.47. The fourth-order valence-corrected chi connectivity index (χ4v) is 1.86. The molecule has 0 aliphatic heterocycles. The van der Waals surface area contributed by atoms with Crippen LogP contribution in [0.1, 0.15) is 33.1 Å². The molecule has 1 atom stereocenters. The highest BCUT2D eigenvalue weighted by molar-refractivity contribution is 7.98.